The molecule has 0 aliphatic heterocycles. The average Bonchev–Trinajstić information content (AvgIpc) is 2.67. The van der Waals surface area contributed by atoms with Crippen molar-refractivity contribution < 1.29 is 9.13 Å². The predicted molar refractivity (Wildman–Crippen MR) is 72.8 cm³/mol. The molecule has 2 rings (SSSR count). The first kappa shape index (κ1) is 13.1. The zero-order chi connectivity index (χ0) is 13.3. The van der Waals surface area contributed by atoms with Crippen molar-refractivity contribution in [3.05, 3.63) is 51.0 Å². The molecule has 2 N–H and O–H groups in total. The van der Waals surface area contributed by atoms with Gasteiger partial charge in [0.2, 0.25) is 0 Å². The number of hydrogen-bond donors (Lipinski definition) is 1. The molecule has 0 aliphatic carbocycles. The van der Waals surface area contributed by atoms with Crippen LogP contribution >= 0.6 is 11.3 Å². The SMILES string of the molecule is COc1ccc(C(N)c2cc(C)sc2C)c(F)c1. The Kier molecular flexibility index (Phi) is 3.68. The van der Waals surface area contributed by atoms with Crippen molar-refractivity contribution in [2.75, 3.05) is 7.11 Å². The molecule has 1 unspecified atom stereocenters. The maximum Gasteiger partial charge on any atom is 0.132 e. The van der Waals surface area contributed by atoms with E-state index in [1.165, 1.54) is 18.1 Å². The van der Waals surface area contributed by atoms with Gasteiger partial charge in [-0.25, -0.2) is 4.39 Å². The van der Waals surface area contributed by atoms with E-state index in [4.69, 9.17) is 10.5 Å². The lowest BCUT2D eigenvalue weighted by atomic mass is 9.99. The van der Waals surface area contributed by atoms with E-state index in [9.17, 15) is 4.39 Å². The zero-order valence-corrected chi connectivity index (χ0v) is 11.5. The molecular weight excluding hydrogens is 249 g/mol. The van der Waals surface area contributed by atoms with E-state index >= 15 is 0 Å². The number of halogens is 1. The quantitative estimate of drug-likeness (QED) is 0.921. The van der Waals surface area contributed by atoms with Gasteiger partial charge >= 0.3 is 0 Å². The number of nitrogens with two attached hydrogens (primary N) is 1. The van der Waals surface area contributed by atoms with Crippen LogP contribution in [0.5, 0.6) is 5.75 Å². The molecule has 1 heterocycles. The number of hydrogen-bond acceptors (Lipinski definition) is 3. The second-order valence-corrected chi connectivity index (χ2v) is 5.69. The van der Waals surface area contributed by atoms with E-state index in [0.29, 0.717) is 11.3 Å². The van der Waals surface area contributed by atoms with Crippen molar-refractivity contribution in [2.24, 2.45) is 5.73 Å². The summed E-state index contributed by atoms with van der Waals surface area (Å²) < 4.78 is 18.9. The Hall–Kier alpha value is -1.39. The van der Waals surface area contributed by atoms with Gasteiger partial charge < -0.3 is 10.5 Å². The van der Waals surface area contributed by atoms with Crippen molar-refractivity contribution >= 4 is 11.3 Å². The van der Waals surface area contributed by atoms with E-state index in [2.05, 4.69) is 0 Å². The van der Waals surface area contributed by atoms with E-state index in [0.717, 1.165) is 10.4 Å². The summed E-state index contributed by atoms with van der Waals surface area (Å²) in [6.07, 6.45) is 0. The van der Waals surface area contributed by atoms with E-state index in [1.807, 2.05) is 19.9 Å². The molecule has 1 aromatic carbocycles. The fourth-order valence-electron chi connectivity index (χ4n) is 2.01. The number of aryl methyl sites for hydroxylation is 2. The number of methoxy groups -OCH3 is 1. The minimum atomic E-state index is -0.430. The number of thiophene rings is 1. The van der Waals surface area contributed by atoms with Gasteiger partial charge in [0.05, 0.1) is 13.2 Å². The number of rotatable bonds is 3. The predicted octanol–water partition coefficient (Wildman–Crippen LogP) is 3.56. The first-order valence-corrected chi connectivity index (χ1v) is 6.50. The second-order valence-electron chi connectivity index (χ2n) is 4.23. The van der Waals surface area contributed by atoms with Crippen LogP contribution in [0.3, 0.4) is 0 Å². The van der Waals surface area contributed by atoms with Gasteiger partial charge in [-0.3, -0.25) is 0 Å². The van der Waals surface area contributed by atoms with E-state index in [-0.39, 0.29) is 5.82 Å². The molecule has 0 spiro atoms. The molecular formula is C14H16FNOS. The highest BCUT2D eigenvalue weighted by molar-refractivity contribution is 7.12. The largest absolute Gasteiger partial charge is 0.497 e. The van der Waals surface area contributed by atoms with Crippen LogP contribution in [0.1, 0.15) is 26.9 Å². The number of ether oxygens (including phenoxy) is 1. The molecule has 0 aliphatic rings. The lowest BCUT2D eigenvalue weighted by molar-refractivity contribution is 0.410. The minimum absolute atomic E-state index is 0.329. The summed E-state index contributed by atoms with van der Waals surface area (Å²) in [5, 5.41) is 0. The smallest absolute Gasteiger partial charge is 0.132 e. The fraction of sp³-hybridized carbons (Fsp3) is 0.286. The Morgan fingerprint density at radius 1 is 1.22 bits per heavy atom. The minimum Gasteiger partial charge on any atom is -0.497 e. The van der Waals surface area contributed by atoms with Gasteiger partial charge in [0.15, 0.2) is 0 Å². The highest BCUT2D eigenvalue weighted by Crippen LogP contribution is 2.31. The van der Waals surface area contributed by atoms with Gasteiger partial charge in [0.1, 0.15) is 11.6 Å². The summed E-state index contributed by atoms with van der Waals surface area (Å²) in [6, 6.07) is 6.37. The maximum atomic E-state index is 14.0. The van der Waals surface area contributed by atoms with Crippen LogP contribution in [0.15, 0.2) is 24.3 Å². The highest BCUT2D eigenvalue weighted by Gasteiger charge is 2.17. The molecule has 0 amide bonds. The molecule has 2 nitrogen and oxygen atoms in total. The van der Waals surface area contributed by atoms with Crippen molar-refractivity contribution in [1.29, 1.82) is 0 Å². The zero-order valence-electron chi connectivity index (χ0n) is 10.7. The third kappa shape index (κ3) is 2.40. The van der Waals surface area contributed by atoms with Gasteiger partial charge in [0.25, 0.3) is 0 Å². The molecule has 18 heavy (non-hydrogen) atoms. The lowest BCUT2D eigenvalue weighted by Gasteiger charge is -2.13. The third-order valence-electron chi connectivity index (χ3n) is 2.96. The Balaban J connectivity index is 2.39. The van der Waals surface area contributed by atoms with Gasteiger partial charge in [-0.1, -0.05) is 6.07 Å². The Labute approximate surface area is 110 Å². The maximum absolute atomic E-state index is 14.0. The van der Waals surface area contributed by atoms with Gasteiger partial charge in [-0.05, 0) is 31.5 Å². The Morgan fingerprint density at radius 2 is 1.94 bits per heavy atom. The van der Waals surface area contributed by atoms with Crippen LogP contribution in [-0.2, 0) is 0 Å². The molecule has 96 valence electrons. The van der Waals surface area contributed by atoms with Gasteiger partial charge in [-0.15, -0.1) is 11.3 Å². The van der Waals surface area contributed by atoms with Crippen LogP contribution < -0.4 is 10.5 Å². The second kappa shape index (κ2) is 5.08. The molecule has 4 heteroatoms. The Bertz CT molecular complexity index is 565. The summed E-state index contributed by atoms with van der Waals surface area (Å²) in [5.41, 5.74) is 7.63. The standard InChI is InChI=1S/C14H16FNOS/c1-8-6-12(9(2)18-8)14(16)11-5-4-10(17-3)7-13(11)15/h4-7,14H,16H2,1-3H3. The Morgan fingerprint density at radius 3 is 2.44 bits per heavy atom. The third-order valence-corrected chi connectivity index (χ3v) is 3.94. The van der Waals surface area contributed by atoms with Gasteiger partial charge in [-0.2, -0.15) is 0 Å². The highest BCUT2D eigenvalue weighted by atomic mass is 32.1. The molecule has 0 saturated carbocycles. The van der Waals surface area contributed by atoms with Gasteiger partial charge in [0, 0.05) is 21.4 Å². The summed E-state index contributed by atoms with van der Waals surface area (Å²) in [4.78, 5) is 2.32. The molecule has 0 saturated heterocycles. The van der Waals surface area contributed by atoms with E-state index in [1.54, 1.807) is 23.5 Å². The molecule has 1 aromatic heterocycles. The first-order chi connectivity index (χ1) is 8.52. The van der Waals surface area contributed by atoms with Crippen LogP contribution in [0.2, 0.25) is 0 Å². The van der Waals surface area contributed by atoms with Crippen LogP contribution in [0.25, 0.3) is 0 Å². The van der Waals surface area contributed by atoms with Crippen molar-refractivity contribution in [2.45, 2.75) is 19.9 Å². The van der Waals surface area contributed by atoms with Crippen LogP contribution in [0, 0.1) is 19.7 Å². The van der Waals surface area contributed by atoms with Crippen molar-refractivity contribution in [1.82, 2.24) is 0 Å². The molecule has 1 atom stereocenters. The molecule has 0 bridgehead atoms. The fourth-order valence-corrected chi connectivity index (χ4v) is 2.99. The summed E-state index contributed by atoms with van der Waals surface area (Å²) >= 11 is 1.68. The summed E-state index contributed by atoms with van der Waals surface area (Å²) in [5.74, 6) is 0.173. The van der Waals surface area contributed by atoms with E-state index < -0.39 is 6.04 Å². The first-order valence-electron chi connectivity index (χ1n) is 5.69. The molecule has 0 fully saturated rings. The lowest BCUT2D eigenvalue weighted by Crippen LogP contribution is -2.13. The van der Waals surface area contributed by atoms with Crippen molar-refractivity contribution in [3.8, 4) is 5.75 Å². The summed E-state index contributed by atoms with van der Waals surface area (Å²) in [7, 11) is 1.51. The van der Waals surface area contributed by atoms with Crippen LogP contribution in [-0.4, -0.2) is 7.11 Å². The van der Waals surface area contributed by atoms with Crippen LogP contribution in [0.4, 0.5) is 4.39 Å². The molecule has 2 aromatic rings. The molecule has 0 radical (unpaired) electrons. The summed E-state index contributed by atoms with van der Waals surface area (Å²) in [6.45, 7) is 4.03. The monoisotopic (exact) mass is 265 g/mol. The van der Waals surface area contributed by atoms with Crippen molar-refractivity contribution in [3.63, 3.8) is 0 Å². The topological polar surface area (TPSA) is 35.2 Å². The average molecular weight is 265 g/mol. The normalized spacial score (nSPS) is 12.5. The number of benzene rings is 1.